The Morgan fingerprint density at radius 1 is 1.24 bits per heavy atom. The van der Waals surface area contributed by atoms with Gasteiger partial charge in [0.1, 0.15) is 16.6 Å². The average Bonchev–Trinajstić information content (AvgIpc) is 2.54. The van der Waals surface area contributed by atoms with Gasteiger partial charge in [-0.2, -0.15) is 0 Å². The minimum absolute atomic E-state index is 0.0700. The second-order valence-electron chi connectivity index (χ2n) is 6.83. The van der Waals surface area contributed by atoms with Gasteiger partial charge in [0, 0.05) is 12.4 Å². The molecule has 0 spiro atoms. The van der Waals surface area contributed by atoms with Crippen LogP contribution in [0, 0.1) is 6.92 Å². The van der Waals surface area contributed by atoms with Gasteiger partial charge in [0.25, 0.3) is 0 Å². The number of nitrogens with zero attached hydrogens (tertiary/aromatic N) is 1. The minimum atomic E-state index is -1.45. The van der Waals surface area contributed by atoms with Crippen molar-refractivity contribution in [2.75, 3.05) is 0 Å². The van der Waals surface area contributed by atoms with Gasteiger partial charge in [-0.25, -0.2) is 8.93 Å². The number of ether oxygens (including phenoxy) is 1. The van der Waals surface area contributed by atoms with Crippen molar-refractivity contribution in [3.63, 3.8) is 0 Å². The second kappa shape index (κ2) is 8.36. The summed E-state index contributed by atoms with van der Waals surface area (Å²) in [6, 6.07) is 10.6. The maximum atomic E-state index is 12.6. The van der Waals surface area contributed by atoms with E-state index in [0.29, 0.717) is 4.90 Å². The van der Waals surface area contributed by atoms with Crippen molar-refractivity contribution >= 4 is 17.0 Å². The molecule has 134 valence electrons. The second-order valence-corrected chi connectivity index (χ2v) is 8.07. The summed E-state index contributed by atoms with van der Waals surface area (Å²) in [5.74, 6) is -0.352. The highest BCUT2D eigenvalue weighted by molar-refractivity contribution is 7.83. The summed E-state index contributed by atoms with van der Waals surface area (Å²) in [7, 11) is -1.45. The van der Waals surface area contributed by atoms with Crippen LogP contribution in [-0.2, 0) is 20.5 Å². The number of pyridine rings is 1. The molecule has 25 heavy (non-hydrogen) atoms. The van der Waals surface area contributed by atoms with Gasteiger partial charge in [0.15, 0.2) is 0 Å². The van der Waals surface area contributed by atoms with Crippen molar-refractivity contribution in [1.29, 1.82) is 0 Å². The molecular weight excluding hydrogens is 336 g/mol. The van der Waals surface area contributed by atoms with Crippen LogP contribution in [0.2, 0.25) is 0 Å². The lowest BCUT2D eigenvalue weighted by Gasteiger charge is -2.23. The Morgan fingerprint density at radius 3 is 2.48 bits per heavy atom. The van der Waals surface area contributed by atoms with Crippen LogP contribution in [0.25, 0.3) is 0 Å². The molecule has 0 radical (unpaired) electrons. The Morgan fingerprint density at radius 2 is 1.92 bits per heavy atom. The molecule has 2 atom stereocenters. The van der Waals surface area contributed by atoms with E-state index in [2.05, 4.69) is 9.71 Å². The predicted octanol–water partition coefficient (Wildman–Crippen LogP) is 3.48. The molecule has 0 unspecified atom stereocenters. The molecule has 0 fully saturated rings. The smallest absolute Gasteiger partial charge is 0.308 e. The van der Waals surface area contributed by atoms with Crippen LogP contribution >= 0.6 is 0 Å². The Bertz CT molecular complexity index is 725. The summed E-state index contributed by atoms with van der Waals surface area (Å²) >= 11 is 0. The molecule has 5 nitrogen and oxygen atoms in total. The van der Waals surface area contributed by atoms with Gasteiger partial charge in [0.2, 0.25) is 0 Å². The van der Waals surface area contributed by atoms with Crippen molar-refractivity contribution in [2.24, 2.45) is 0 Å². The van der Waals surface area contributed by atoms with E-state index < -0.39 is 22.6 Å². The maximum absolute atomic E-state index is 12.6. The van der Waals surface area contributed by atoms with Crippen LogP contribution < -0.4 is 4.72 Å². The first kappa shape index (κ1) is 19.3. The van der Waals surface area contributed by atoms with Gasteiger partial charge in [-0.3, -0.25) is 9.78 Å². The number of aryl methyl sites for hydroxylation is 1. The molecule has 0 amide bonds. The van der Waals surface area contributed by atoms with Gasteiger partial charge in [-0.1, -0.05) is 23.8 Å². The zero-order valence-electron chi connectivity index (χ0n) is 15.0. The third kappa shape index (κ3) is 6.40. The molecule has 0 aliphatic rings. The summed E-state index contributed by atoms with van der Waals surface area (Å²) in [6.07, 6.45) is 3.39. The summed E-state index contributed by atoms with van der Waals surface area (Å²) in [4.78, 5) is 17.0. The zero-order valence-corrected chi connectivity index (χ0v) is 15.8. The van der Waals surface area contributed by atoms with Crippen molar-refractivity contribution in [3.05, 3.63) is 59.9 Å². The minimum Gasteiger partial charge on any atom is -0.460 e. The van der Waals surface area contributed by atoms with Crippen LogP contribution in [0.3, 0.4) is 0 Å². The molecule has 1 heterocycles. The number of esters is 1. The van der Waals surface area contributed by atoms with Crippen LogP contribution in [-0.4, -0.2) is 20.8 Å². The standard InChI is InChI=1S/C19H24N2O3S/c1-14-7-9-16(10-8-14)25(23)21-17(15-6-5-11-20-13-15)12-18(22)24-19(2,3)4/h5-11,13,17,21H,12H2,1-4H3/t17-,25+/m0/s1. The van der Waals surface area contributed by atoms with E-state index in [1.54, 1.807) is 18.5 Å². The fourth-order valence-electron chi connectivity index (χ4n) is 2.22. The van der Waals surface area contributed by atoms with Gasteiger partial charge in [0.05, 0.1) is 17.4 Å². The first-order chi connectivity index (χ1) is 11.7. The number of aromatic nitrogens is 1. The van der Waals surface area contributed by atoms with E-state index in [9.17, 15) is 9.00 Å². The van der Waals surface area contributed by atoms with Gasteiger partial charge >= 0.3 is 5.97 Å². The van der Waals surface area contributed by atoms with Crippen LogP contribution in [0.15, 0.2) is 53.7 Å². The van der Waals surface area contributed by atoms with Crippen molar-refractivity contribution in [2.45, 2.75) is 50.7 Å². The molecule has 2 rings (SSSR count). The molecule has 0 saturated heterocycles. The molecule has 6 heteroatoms. The molecule has 1 aromatic carbocycles. The van der Waals surface area contributed by atoms with Crippen LogP contribution in [0.1, 0.15) is 44.4 Å². The fourth-order valence-corrected chi connectivity index (χ4v) is 3.22. The van der Waals surface area contributed by atoms with Crippen molar-refractivity contribution in [1.82, 2.24) is 9.71 Å². The first-order valence-electron chi connectivity index (χ1n) is 8.11. The SMILES string of the molecule is Cc1ccc([S@@](=O)N[C@@H](CC(=O)OC(C)(C)C)c2cccnc2)cc1. The Kier molecular flexibility index (Phi) is 6.45. The first-order valence-corrected chi connectivity index (χ1v) is 9.26. The van der Waals surface area contributed by atoms with E-state index in [-0.39, 0.29) is 12.4 Å². The third-order valence-electron chi connectivity index (χ3n) is 3.36. The average molecular weight is 360 g/mol. The molecule has 0 aliphatic carbocycles. The monoisotopic (exact) mass is 360 g/mol. The molecule has 1 aromatic heterocycles. The molecule has 1 N–H and O–H groups in total. The molecular formula is C19H24N2O3S. The number of hydrogen-bond donors (Lipinski definition) is 1. The summed E-state index contributed by atoms with van der Waals surface area (Å²) in [5, 5.41) is 0. The summed E-state index contributed by atoms with van der Waals surface area (Å²) < 4.78 is 21.0. The Labute approximate surface area is 151 Å². The summed E-state index contributed by atoms with van der Waals surface area (Å²) in [6.45, 7) is 7.44. The Hall–Kier alpha value is -2.05. The van der Waals surface area contributed by atoms with E-state index >= 15 is 0 Å². The van der Waals surface area contributed by atoms with E-state index in [0.717, 1.165) is 11.1 Å². The van der Waals surface area contributed by atoms with Crippen LogP contribution in [0.5, 0.6) is 0 Å². The van der Waals surface area contributed by atoms with E-state index in [1.807, 2.05) is 58.0 Å². The highest BCUT2D eigenvalue weighted by atomic mass is 32.2. The van der Waals surface area contributed by atoms with Crippen LogP contribution in [0.4, 0.5) is 0 Å². The molecule has 0 aliphatic heterocycles. The fraction of sp³-hybridized carbons (Fsp3) is 0.368. The number of carbonyl (C=O) groups is 1. The summed E-state index contributed by atoms with van der Waals surface area (Å²) in [5.41, 5.74) is 1.32. The Balaban J connectivity index is 2.16. The zero-order chi connectivity index (χ0) is 18.4. The van der Waals surface area contributed by atoms with E-state index in [1.165, 1.54) is 0 Å². The van der Waals surface area contributed by atoms with Gasteiger partial charge in [-0.15, -0.1) is 0 Å². The molecule has 0 saturated carbocycles. The predicted molar refractivity (Wildman–Crippen MR) is 98.2 cm³/mol. The third-order valence-corrected chi connectivity index (χ3v) is 4.56. The lowest BCUT2D eigenvalue weighted by molar-refractivity contribution is -0.155. The largest absolute Gasteiger partial charge is 0.460 e. The van der Waals surface area contributed by atoms with Crippen molar-refractivity contribution < 1.29 is 13.7 Å². The lowest BCUT2D eigenvalue weighted by Crippen LogP contribution is -2.30. The number of rotatable bonds is 6. The highest BCUT2D eigenvalue weighted by Gasteiger charge is 2.23. The van der Waals surface area contributed by atoms with E-state index in [4.69, 9.17) is 4.74 Å². The quantitative estimate of drug-likeness (QED) is 0.801. The lowest BCUT2D eigenvalue weighted by atomic mass is 10.1. The van der Waals surface area contributed by atoms with Crippen molar-refractivity contribution in [3.8, 4) is 0 Å². The highest BCUT2D eigenvalue weighted by Crippen LogP contribution is 2.20. The maximum Gasteiger partial charge on any atom is 0.308 e. The van der Waals surface area contributed by atoms with Gasteiger partial charge < -0.3 is 4.74 Å². The normalized spacial score (nSPS) is 13.9. The van der Waals surface area contributed by atoms with Gasteiger partial charge in [-0.05, 0) is 51.5 Å². The molecule has 2 aromatic rings. The number of hydrogen-bond acceptors (Lipinski definition) is 4. The number of carbonyl (C=O) groups excluding carboxylic acids is 1. The number of nitrogens with one attached hydrogen (secondary N) is 1. The number of benzene rings is 1. The molecule has 0 bridgehead atoms. The topological polar surface area (TPSA) is 68.3 Å².